The van der Waals surface area contributed by atoms with Gasteiger partial charge in [0.25, 0.3) is 0 Å². The van der Waals surface area contributed by atoms with Crippen molar-refractivity contribution in [1.82, 2.24) is 0 Å². The maximum Gasteiger partial charge on any atom is 0.303 e. The summed E-state index contributed by atoms with van der Waals surface area (Å²) in [6, 6.07) is 0. The average molecular weight is 178 g/mol. The molecule has 0 N–H and O–H groups in total. The minimum Gasteiger partial charge on any atom is -0.446 e. The van der Waals surface area contributed by atoms with Crippen LogP contribution in [0.25, 0.3) is 0 Å². The minimum atomic E-state index is -3.13. The fourth-order valence-corrected chi connectivity index (χ4v) is 2.72. The Hall–Kier alpha value is -0.580. The molecule has 0 aliphatic carbocycles. The maximum atomic E-state index is 11.0. The number of hydrogen-bond acceptors (Lipinski definition) is 4. The highest BCUT2D eigenvalue weighted by Crippen LogP contribution is 2.20. The molecule has 1 saturated heterocycles. The van der Waals surface area contributed by atoms with Crippen LogP contribution in [0.1, 0.15) is 19.8 Å². The first-order valence-electron chi connectivity index (χ1n) is 3.41. The average Bonchev–Trinajstić information content (AvgIpc) is 2.10. The van der Waals surface area contributed by atoms with Gasteiger partial charge < -0.3 is 4.74 Å². The molecule has 1 aliphatic rings. The quantitative estimate of drug-likeness (QED) is 0.534. The van der Waals surface area contributed by atoms with Gasteiger partial charge >= 0.3 is 5.97 Å². The van der Waals surface area contributed by atoms with E-state index in [1.165, 1.54) is 6.92 Å². The lowest BCUT2D eigenvalue weighted by Crippen LogP contribution is -2.21. The number of carbonyl (C=O) groups is 1. The van der Waals surface area contributed by atoms with E-state index in [1.807, 2.05) is 0 Å². The van der Waals surface area contributed by atoms with E-state index >= 15 is 0 Å². The molecule has 1 fully saturated rings. The van der Waals surface area contributed by atoms with E-state index in [0.29, 0.717) is 12.8 Å². The standard InChI is InChI=1S/C6H10O4S/c1-5(7)10-6-3-2-4-11(6,8)9/h6H,2-4H2,1H3. The normalized spacial score (nSPS) is 28.3. The van der Waals surface area contributed by atoms with E-state index in [4.69, 9.17) is 0 Å². The number of hydrogen-bond donors (Lipinski definition) is 0. The number of sulfone groups is 1. The van der Waals surface area contributed by atoms with Crippen molar-refractivity contribution < 1.29 is 17.9 Å². The highest BCUT2D eigenvalue weighted by molar-refractivity contribution is 7.92. The lowest BCUT2D eigenvalue weighted by atomic mass is 10.4. The predicted octanol–water partition coefficient (Wildman–Crippen LogP) is 0.0842. The van der Waals surface area contributed by atoms with Gasteiger partial charge in [-0.15, -0.1) is 0 Å². The molecule has 0 radical (unpaired) electrons. The third-order valence-corrected chi connectivity index (χ3v) is 3.56. The predicted molar refractivity (Wildman–Crippen MR) is 38.6 cm³/mol. The second kappa shape index (κ2) is 2.81. The number of ether oxygens (including phenoxy) is 1. The number of rotatable bonds is 1. The lowest BCUT2D eigenvalue weighted by Gasteiger charge is -2.07. The Morgan fingerprint density at radius 3 is 2.55 bits per heavy atom. The van der Waals surface area contributed by atoms with Crippen LogP contribution in [0, 0.1) is 0 Å². The van der Waals surface area contributed by atoms with Gasteiger partial charge in [-0.2, -0.15) is 0 Å². The van der Waals surface area contributed by atoms with E-state index in [1.54, 1.807) is 0 Å². The Morgan fingerprint density at radius 2 is 2.18 bits per heavy atom. The van der Waals surface area contributed by atoms with E-state index in [9.17, 15) is 13.2 Å². The van der Waals surface area contributed by atoms with E-state index in [0.717, 1.165) is 0 Å². The molecule has 1 aliphatic heterocycles. The molecule has 11 heavy (non-hydrogen) atoms. The lowest BCUT2D eigenvalue weighted by molar-refractivity contribution is -0.142. The summed E-state index contributed by atoms with van der Waals surface area (Å²) < 4.78 is 26.6. The van der Waals surface area contributed by atoms with Crippen molar-refractivity contribution in [3.05, 3.63) is 0 Å². The highest BCUT2D eigenvalue weighted by Gasteiger charge is 2.33. The zero-order valence-corrected chi connectivity index (χ0v) is 7.06. The van der Waals surface area contributed by atoms with E-state index in [2.05, 4.69) is 4.74 Å². The Balaban J connectivity index is 2.66. The van der Waals surface area contributed by atoms with E-state index in [-0.39, 0.29) is 5.75 Å². The Bertz CT molecular complexity index is 254. The van der Waals surface area contributed by atoms with Crippen LogP contribution in [0.15, 0.2) is 0 Å². The van der Waals surface area contributed by atoms with Crippen LogP contribution >= 0.6 is 0 Å². The molecule has 1 heterocycles. The molecule has 0 saturated carbocycles. The van der Waals surface area contributed by atoms with Crippen molar-refractivity contribution in [3.63, 3.8) is 0 Å². The molecule has 0 spiro atoms. The van der Waals surface area contributed by atoms with Crippen molar-refractivity contribution in [1.29, 1.82) is 0 Å². The SMILES string of the molecule is CC(=O)OC1CCCS1(=O)=O. The third-order valence-electron chi connectivity index (χ3n) is 1.57. The summed E-state index contributed by atoms with van der Waals surface area (Å²) in [5, 5.41) is 0. The second-order valence-corrected chi connectivity index (χ2v) is 4.81. The summed E-state index contributed by atoms with van der Waals surface area (Å²) in [4.78, 5) is 10.4. The zero-order valence-electron chi connectivity index (χ0n) is 6.24. The minimum absolute atomic E-state index is 0.144. The Kier molecular flexibility index (Phi) is 2.17. The molecule has 0 aromatic carbocycles. The number of carbonyl (C=O) groups excluding carboxylic acids is 1. The number of esters is 1. The smallest absolute Gasteiger partial charge is 0.303 e. The van der Waals surface area contributed by atoms with Crippen molar-refractivity contribution in [2.45, 2.75) is 25.2 Å². The van der Waals surface area contributed by atoms with Gasteiger partial charge in [-0.3, -0.25) is 4.79 Å². The summed E-state index contributed by atoms with van der Waals surface area (Å²) in [5.74, 6) is -0.384. The van der Waals surface area contributed by atoms with Crippen LogP contribution in [0.3, 0.4) is 0 Å². The summed E-state index contributed by atoms with van der Waals surface area (Å²) in [7, 11) is -3.13. The van der Waals surface area contributed by atoms with Crippen LogP contribution in [0.4, 0.5) is 0 Å². The molecule has 0 aromatic rings. The molecule has 1 atom stereocenters. The first-order valence-corrected chi connectivity index (χ1v) is 5.13. The third kappa shape index (κ3) is 1.92. The fraction of sp³-hybridized carbons (Fsp3) is 0.833. The van der Waals surface area contributed by atoms with Gasteiger partial charge in [-0.25, -0.2) is 8.42 Å². The van der Waals surface area contributed by atoms with Gasteiger partial charge in [-0.1, -0.05) is 0 Å². The van der Waals surface area contributed by atoms with E-state index < -0.39 is 21.2 Å². The molecule has 0 aromatic heterocycles. The largest absolute Gasteiger partial charge is 0.446 e. The van der Waals surface area contributed by atoms with Crippen molar-refractivity contribution >= 4 is 15.8 Å². The summed E-state index contributed by atoms with van der Waals surface area (Å²) >= 11 is 0. The van der Waals surface area contributed by atoms with Crippen LogP contribution in [0.2, 0.25) is 0 Å². The molecule has 0 amide bonds. The molecular weight excluding hydrogens is 168 g/mol. The highest BCUT2D eigenvalue weighted by atomic mass is 32.2. The van der Waals surface area contributed by atoms with Crippen molar-refractivity contribution in [2.24, 2.45) is 0 Å². The zero-order chi connectivity index (χ0) is 8.48. The van der Waals surface area contributed by atoms with Crippen LogP contribution in [-0.2, 0) is 19.4 Å². The van der Waals surface area contributed by atoms with Crippen LogP contribution in [0.5, 0.6) is 0 Å². The monoisotopic (exact) mass is 178 g/mol. The van der Waals surface area contributed by atoms with Gasteiger partial charge in [0.1, 0.15) is 0 Å². The molecule has 1 unspecified atom stereocenters. The molecule has 5 heteroatoms. The van der Waals surface area contributed by atoms with Gasteiger partial charge in [0.2, 0.25) is 5.44 Å². The Labute approximate surface area is 65.5 Å². The molecular formula is C6H10O4S. The first-order chi connectivity index (χ1) is 5.02. The Morgan fingerprint density at radius 1 is 1.55 bits per heavy atom. The van der Waals surface area contributed by atoms with Gasteiger partial charge in [0.05, 0.1) is 5.75 Å². The van der Waals surface area contributed by atoms with Gasteiger partial charge in [0, 0.05) is 6.92 Å². The molecule has 4 nitrogen and oxygen atoms in total. The topological polar surface area (TPSA) is 60.4 Å². The van der Waals surface area contributed by atoms with Crippen LogP contribution < -0.4 is 0 Å². The van der Waals surface area contributed by atoms with Crippen LogP contribution in [-0.4, -0.2) is 25.6 Å². The second-order valence-electron chi connectivity index (χ2n) is 2.55. The van der Waals surface area contributed by atoms with Gasteiger partial charge in [0.15, 0.2) is 9.84 Å². The maximum absolute atomic E-state index is 11.0. The summed E-state index contributed by atoms with van der Waals surface area (Å²) in [6.45, 7) is 1.22. The molecule has 1 rings (SSSR count). The van der Waals surface area contributed by atoms with Gasteiger partial charge in [-0.05, 0) is 12.8 Å². The van der Waals surface area contributed by atoms with Crippen molar-refractivity contribution in [3.8, 4) is 0 Å². The molecule has 64 valence electrons. The molecule has 0 bridgehead atoms. The first kappa shape index (κ1) is 8.52. The fourth-order valence-electron chi connectivity index (χ4n) is 1.08. The summed E-state index contributed by atoms with van der Waals surface area (Å²) in [6.07, 6.45) is 1.04. The van der Waals surface area contributed by atoms with Crippen molar-refractivity contribution in [2.75, 3.05) is 5.75 Å². The summed E-state index contributed by atoms with van der Waals surface area (Å²) in [5.41, 5.74) is -0.875.